The average molecular weight is 574 g/mol. The van der Waals surface area contributed by atoms with Crippen LogP contribution in [0, 0.1) is 0 Å². The highest BCUT2D eigenvalue weighted by molar-refractivity contribution is 7.80. The zero-order valence-electron chi connectivity index (χ0n) is 20.6. The van der Waals surface area contributed by atoms with E-state index in [0.717, 1.165) is 6.42 Å². The molecule has 1 aliphatic rings. The molecule has 0 bridgehead atoms. The third-order valence-electron chi connectivity index (χ3n) is 5.57. The molecule has 0 spiro atoms. The highest BCUT2D eigenvalue weighted by Crippen LogP contribution is 2.31. The Bertz CT molecular complexity index is 1320. The number of hydrogen-bond donors (Lipinski definition) is 2. The molecule has 3 aromatic rings. The normalized spacial score (nSPS) is 15.0. The SMILES string of the molecule is CCCOc1ccc(NC(=O)C[C@H]2C(=O)N(c3ccc(OC)cc3)C(=S)N2Nc2ncc(Cl)cc2Cl)cc1. The van der Waals surface area contributed by atoms with Crippen LogP contribution < -0.4 is 25.1 Å². The summed E-state index contributed by atoms with van der Waals surface area (Å²) in [5.74, 6) is 0.790. The number of amides is 2. The van der Waals surface area contributed by atoms with Crippen molar-refractivity contribution in [1.29, 1.82) is 0 Å². The Morgan fingerprint density at radius 3 is 2.42 bits per heavy atom. The second-order valence-corrected chi connectivity index (χ2v) is 9.47. The monoisotopic (exact) mass is 573 g/mol. The molecule has 1 atom stereocenters. The minimum atomic E-state index is -0.981. The van der Waals surface area contributed by atoms with Crippen molar-refractivity contribution in [2.75, 3.05) is 29.4 Å². The lowest BCUT2D eigenvalue weighted by molar-refractivity contribution is -0.124. The van der Waals surface area contributed by atoms with Gasteiger partial charge in [-0.2, -0.15) is 0 Å². The van der Waals surface area contributed by atoms with Crippen LogP contribution in [-0.2, 0) is 9.59 Å². The van der Waals surface area contributed by atoms with Crippen LogP contribution in [0.2, 0.25) is 10.0 Å². The lowest BCUT2D eigenvalue weighted by Crippen LogP contribution is -2.42. The summed E-state index contributed by atoms with van der Waals surface area (Å²) in [6.07, 6.45) is 2.11. The fourth-order valence-electron chi connectivity index (χ4n) is 3.72. The van der Waals surface area contributed by atoms with Gasteiger partial charge in [-0.05, 0) is 73.2 Å². The fourth-order valence-corrected chi connectivity index (χ4v) is 4.51. The van der Waals surface area contributed by atoms with Gasteiger partial charge in [0.1, 0.15) is 17.5 Å². The Kier molecular flexibility index (Phi) is 8.88. The standard InChI is InChI=1S/C26H25Cl2N5O4S/c1-3-12-37-20-8-4-17(5-9-20)30-23(34)14-22-25(35)32(18-6-10-19(36-2)11-7-18)26(38)33(22)31-24-21(28)13-16(27)15-29-24/h4-11,13,15,22H,3,12,14H2,1-2H3,(H,29,31)(H,30,34)/t22-/m0/s1. The molecule has 2 amide bonds. The van der Waals surface area contributed by atoms with E-state index in [9.17, 15) is 9.59 Å². The molecule has 4 rings (SSSR count). The Balaban J connectivity index is 1.56. The van der Waals surface area contributed by atoms with Crippen molar-refractivity contribution in [3.8, 4) is 11.5 Å². The summed E-state index contributed by atoms with van der Waals surface area (Å²) in [7, 11) is 1.55. The van der Waals surface area contributed by atoms with E-state index < -0.39 is 11.9 Å². The van der Waals surface area contributed by atoms with E-state index in [1.807, 2.05) is 6.92 Å². The number of nitrogens with zero attached hydrogens (tertiary/aromatic N) is 3. The molecule has 2 aromatic carbocycles. The number of pyridine rings is 1. The van der Waals surface area contributed by atoms with Crippen molar-refractivity contribution < 1.29 is 19.1 Å². The molecule has 1 aromatic heterocycles. The number of carbonyl (C=O) groups is 2. The number of aromatic nitrogens is 1. The topological polar surface area (TPSA) is 96.0 Å². The molecule has 2 heterocycles. The fraction of sp³-hybridized carbons (Fsp3) is 0.231. The number of benzene rings is 2. The minimum absolute atomic E-state index is 0.128. The van der Waals surface area contributed by atoms with Crippen LogP contribution in [0.25, 0.3) is 0 Å². The van der Waals surface area contributed by atoms with Gasteiger partial charge in [0, 0.05) is 11.9 Å². The number of ether oxygens (including phenoxy) is 2. The van der Waals surface area contributed by atoms with E-state index >= 15 is 0 Å². The van der Waals surface area contributed by atoms with Crippen LogP contribution in [0.1, 0.15) is 19.8 Å². The Hall–Kier alpha value is -3.60. The number of nitrogens with one attached hydrogen (secondary N) is 2. The van der Waals surface area contributed by atoms with Crippen molar-refractivity contribution >= 4 is 69.5 Å². The van der Waals surface area contributed by atoms with Crippen molar-refractivity contribution in [1.82, 2.24) is 9.99 Å². The maximum absolute atomic E-state index is 13.6. The first kappa shape index (κ1) is 27.4. The van der Waals surface area contributed by atoms with Crippen molar-refractivity contribution in [3.63, 3.8) is 0 Å². The van der Waals surface area contributed by atoms with Crippen molar-refractivity contribution in [3.05, 3.63) is 70.8 Å². The second-order valence-electron chi connectivity index (χ2n) is 8.26. The summed E-state index contributed by atoms with van der Waals surface area (Å²) >= 11 is 17.9. The van der Waals surface area contributed by atoms with Crippen LogP contribution in [-0.4, -0.2) is 46.7 Å². The predicted molar refractivity (Wildman–Crippen MR) is 152 cm³/mol. The second kappa shape index (κ2) is 12.3. The van der Waals surface area contributed by atoms with E-state index in [-0.39, 0.29) is 28.3 Å². The summed E-state index contributed by atoms with van der Waals surface area (Å²) in [6, 6.07) is 14.4. The predicted octanol–water partition coefficient (Wildman–Crippen LogP) is 5.54. The summed E-state index contributed by atoms with van der Waals surface area (Å²) in [4.78, 5) is 32.2. The van der Waals surface area contributed by atoms with Gasteiger partial charge in [0.05, 0.1) is 35.9 Å². The Morgan fingerprint density at radius 1 is 1.11 bits per heavy atom. The molecular formula is C26H25Cl2N5O4S. The van der Waals surface area contributed by atoms with Gasteiger partial charge in [0.25, 0.3) is 5.91 Å². The summed E-state index contributed by atoms with van der Waals surface area (Å²) < 4.78 is 10.8. The van der Waals surface area contributed by atoms with Crippen molar-refractivity contribution in [2.45, 2.75) is 25.8 Å². The van der Waals surface area contributed by atoms with Gasteiger partial charge in [-0.15, -0.1) is 0 Å². The molecule has 0 aliphatic carbocycles. The highest BCUT2D eigenvalue weighted by Gasteiger charge is 2.45. The summed E-state index contributed by atoms with van der Waals surface area (Å²) in [6.45, 7) is 2.63. The van der Waals surface area contributed by atoms with E-state index in [1.165, 1.54) is 22.2 Å². The number of halogens is 2. The number of rotatable bonds is 10. The van der Waals surface area contributed by atoms with Crippen LogP contribution in [0.3, 0.4) is 0 Å². The number of hydrazine groups is 1. The molecule has 0 unspecified atom stereocenters. The number of anilines is 3. The lowest BCUT2D eigenvalue weighted by Gasteiger charge is -2.25. The summed E-state index contributed by atoms with van der Waals surface area (Å²) in [5.41, 5.74) is 4.08. The highest BCUT2D eigenvalue weighted by atomic mass is 35.5. The Morgan fingerprint density at radius 2 is 1.79 bits per heavy atom. The van der Waals surface area contributed by atoms with Gasteiger partial charge in [0.15, 0.2) is 5.82 Å². The molecule has 2 N–H and O–H groups in total. The van der Waals surface area contributed by atoms with E-state index in [2.05, 4.69) is 15.7 Å². The van der Waals surface area contributed by atoms with E-state index in [0.29, 0.717) is 34.5 Å². The van der Waals surface area contributed by atoms with Gasteiger partial charge in [-0.1, -0.05) is 30.1 Å². The van der Waals surface area contributed by atoms with Crippen LogP contribution in [0.15, 0.2) is 60.8 Å². The molecule has 9 nitrogen and oxygen atoms in total. The minimum Gasteiger partial charge on any atom is -0.497 e. The Labute approximate surface area is 235 Å². The third kappa shape index (κ3) is 6.27. The quantitative estimate of drug-likeness (QED) is 0.305. The van der Waals surface area contributed by atoms with Gasteiger partial charge >= 0.3 is 0 Å². The first-order valence-electron chi connectivity index (χ1n) is 11.7. The molecule has 1 fully saturated rings. The van der Waals surface area contributed by atoms with Gasteiger partial charge in [0.2, 0.25) is 11.0 Å². The number of hydrogen-bond acceptors (Lipinski definition) is 7. The molecule has 1 aliphatic heterocycles. The zero-order valence-corrected chi connectivity index (χ0v) is 22.9. The molecule has 38 heavy (non-hydrogen) atoms. The molecule has 198 valence electrons. The van der Waals surface area contributed by atoms with Gasteiger partial charge in [-0.25, -0.2) is 9.99 Å². The molecule has 1 saturated heterocycles. The van der Waals surface area contributed by atoms with Crippen LogP contribution >= 0.6 is 35.4 Å². The average Bonchev–Trinajstić information content (AvgIpc) is 3.13. The first-order valence-corrected chi connectivity index (χ1v) is 12.9. The maximum atomic E-state index is 13.6. The van der Waals surface area contributed by atoms with Gasteiger partial charge in [-0.3, -0.25) is 19.9 Å². The number of carbonyl (C=O) groups excluding carboxylic acids is 2. The molecule has 0 radical (unpaired) electrons. The summed E-state index contributed by atoms with van der Waals surface area (Å²) in [5, 5.41) is 4.93. The maximum Gasteiger partial charge on any atom is 0.258 e. The molecular weight excluding hydrogens is 549 g/mol. The van der Waals surface area contributed by atoms with E-state index in [1.54, 1.807) is 55.6 Å². The first-order chi connectivity index (χ1) is 18.3. The lowest BCUT2D eigenvalue weighted by atomic mass is 10.1. The van der Waals surface area contributed by atoms with Crippen molar-refractivity contribution in [2.24, 2.45) is 0 Å². The number of thiocarbonyl (C=S) groups is 1. The zero-order chi connectivity index (χ0) is 27.2. The number of methoxy groups -OCH3 is 1. The smallest absolute Gasteiger partial charge is 0.258 e. The van der Waals surface area contributed by atoms with Crippen LogP contribution in [0.5, 0.6) is 11.5 Å². The van der Waals surface area contributed by atoms with Gasteiger partial charge < -0.3 is 14.8 Å². The van der Waals surface area contributed by atoms with E-state index in [4.69, 9.17) is 44.9 Å². The van der Waals surface area contributed by atoms with Crippen LogP contribution in [0.4, 0.5) is 17.2 Å². The molecule has 12 heteroatoms. The third-order valence-corrected chi connectivity index (χ3v) is 6.44. The largest absolute Gasteiger partial charge is 0.497 e. The molecule has 0 saturated carbocycles.